The molecule has 0 saturated heterocycles. The first-order valence-electron chi connectivity index (χ1n) is 8.79. The first-order chi connectivity index (χ1) is 14.3. The van der Waals surface area contributed by atoms with Gasteiger partial charge in [-0.25, -0.2) is 4.68 Å². The molecule has 0 amide bonds. The Bertz CT molecular complexity index is 1130. The number of benzene rings is 2. The number of hydrogen-bond donors (Lipinski definition) is 0. The molecule has 2 aromatic carbocycles. The highest BCUT2D eigenvalue weighted by Gasteiger charge is 2.20. The lowest BCUT2D eigenvalue weighted by molar-refractivity contribution is -0.0535. The van der Waals surface area contributed by atoms with E-state index in [4.69, 9.17) is 16.3 Å². The lowest BCUT2D eigenvalue weighted by Crippen LogP contribution is -2.24. The van der Waals surface area contributed by atoms with Gasteiger partial charge in [-0.05, 0) is 48.4 Å². The maximum atomic E-state index is 13.0. The van der Waals surface area contributed by atoms with Crippen LogP contribution in [0.2, 0.25) is 5.02 Å². The number of nitrogens with zero attached hydrogens (tertiary/aromatic N) is 2. The maximum absolute atomic E-state index is 13.0. The molecule has 0 bridgehead atoms. The fraction of sp³-hybridized carbons (Fsp3) is 0.190. The van der Waals surface area contributed by atoms with Gasteiger partial charge in [0.2, 0.25) is 5.88 Å². The van der Waals surface area contributed by atoms with E-state index in [1.165, 1.54) is 32.2 Å². The topological polar surface area (TPSA) is 70.4 Å². The predicted octanol–water partition coefficient (Wildman–Crippen LogP) is 4.42. The number of methoxy groups -OCH3 is 1. The molecule has 0 atom stereocenters. The predicted molar refractivity (Wildman–Crippen MR) is 108 cm³/mol. The molecule has 0 fully saturated rings. The summed E-state index contributed by atoms with van der Waals surface area (Å²) >= 11 is 6.02. The molecule has 0 radical (unpaired) electrons. The first-order valence-corrected chi connectivity index (χ1v) is 9.17. The van der Waals surface area contributed by atoms with Crippen molar-refractivity contribution in [2.45, 2.75) is 20.1 Å². The van der Waals surface area contributed by atoms with E-state index in [1.54, 1.807) is 24.3 Å². The van der Waals surface area contributed by atoms with Gasteiger partial charge >= 0.3 is 6.61 Å². The van der Waals surface area contributed by atoms with Crippen molar-refractivity contribution in [1.82, 2.24) is 9.78 Å². The number of alkyl halides is 2. The minimum Gasteiger partial charge on any atom is -0.497 e. The second kappa shape index (κ2) is 9.04. The molecular weight excluding hydrogens is 418 g/mol. The van der Waals surface area contributed by atoms with Crippen LogP contribution in [0.25, 0.3) is 11.1 Å². The van der Waals surface area contributed by atoms with Crippen LogP contribution >= 0.6 is 11.6 Å². The third-order valence-corrected chi connectivity index (χ3v) is 4.54. The second-order valence-corrected chi connectivity index (χ2v) is 6.77. The molecule has 0 aliphatic heterocycles. The van der Waals surface area contributed by atoms with Crippen molar-refractivity contribution in [2.75, 3.05) is 7.11 Å². The fourth-order valence-electron chi connectivity index (χ4n) is 2.90. The Balaban J connectivity index is 2.11. The van der Waals surface area contributed by atoms with Crippen molar-refractivity contribution in [2.24, 2.45) is 0 Å². The van der Waals surface area contributed by atoms with Gasteiger partial charge in [0.25, 0.3) is 5.56 Å². The van der Waals surface area contributed by atoms with E-state index in [0.29, 0.717) is 11.3 Å². The highest BCUT2D eigenvalue weighted by atomic mass is 35.5. The third-order valence-electron chi connectivity index (χ3n) is 4.31. The summed E-state index contributed by atoms with van der Waals surface area (Å²) in [5, 5.41) is 4.24. The Hall–Kier alpha value is -3.26. The summed E-state index contributed by atoms with van der Waals surface area (Å²) in [6.07, 6.45) is 0. The van der Waals surface area contributed by atoms with Gasteiger partial charge in [-0.2, -0.15) is 8.78 Å². The minimum absolute atomic E-state index is 0.0256. The number of aromatic nitrogens is 2. The average Bonchev–Trinajstić information content (AvgIpc) is 2.70. The Morgan fingerprint density at radius 1 is 1.13 bits per heavy atom. The summed E-state index contributed by atoms with van der Waals surface area (Å²) in [5.41, 5.74) is 0.490. The number of Topliss-reactive ketones (excluding diaryl/α,β-unsaturated/α-hetero) is 1. The average molecular weight is 435 g/mol. The molecule has 9 heteroatoms. The Kier molecular flexibility index (Phi) is 6.47. The summed E-state index contributed by atoms with van der Waals surface area (Å²) in [5.74, 6) is -0.177. The zero-order chi connectivity index (χ0) is 21.8. The SMILES string of the molecule is COc1ccc(Cn2nc(OC(F)F)c(-c3cc(Cl)ccc3C(C)=O)cc2=O)cc1. The number of hydrogen-bond acceptors (Lipinski definition) is 5. The zero-order valence-electron chi connectivity index (χ0n) is 16.1. The van der Waals surface area contributed by atoms with E-state index >= 15 is 0 Å². The summed E-state index contributed by atoms with van der Waals surface area (Å²) in [6, 6.07) is 12.3. The van der Waals surface area contributed by atoms with Crippen LogP contribution in [-0.2, 0) is 6.54 Å². The van der Waals surface area contributed by atoms with Gasteiger partial charge in [0.05, 0.1) is 19.2 Å². The maximum Gasteiger partial charge on any atom is 0.388 e. The Labute approximate surface area is 175 Å². The van der Waals surface area contributed by atoms with Crippen LogP contribution in [0.15, 0.2) is 53.3 Å². The van der Waals surface area contributed by atoms with Crippen molar-refractivity contribution < 1.29 is 23.0 Å². The monoisotopic (exact) mass is 434 g/mol. The smallest absolute Gasteiger partial charge is 0.388 e. The molecule has 1 aromatic heterocycles. The van der Waals surface area contributed by atoms with E-state index in [2.05, 4.69) is 9.84 Å². The van der Waals surface area contributed by atoms with Crippen LogP contribution in [-0.4, -0.2) is 29.3 Å². The van der Waals surface area contributed by atoms with Gasteiger partial charge < -0.3 is 9.47 Å². The van der Waals surface area contributed by atoms with Gasteiger partial charge in [-0.3, -0.25) is 9.59 Å². The highest BCUT2D eigenvalue weighted by Crippen LogP contribution is 2.33. The van der Waals surface area contributed by atoms with Crippen LogP contribution in [0.4, 0.5) is 8.78 Å². The van der Waals surface area contributed by atoms with E-state index in [-0.39, 0.29) is 34.0 Å². The molecular formula is C21H17ClF2N2O4. The fourth-order valence-corrected chi connectivity index (χ4v) is 3.07. The quantitative estimate of drug-likeness (QED) is 0.515. The number of halogens is 3. The molecule has 6 nitrogen and oxygen atoms in total. The molecule has 0 unspecified atom stereocenters. The number of ether oxygens (including phenoxy) is 2. The molecule has 0 spiro atoms. The molecule has 1 heterocycles. The first kappa shape index (κ1) is 21.4. The Morgan fingerprint density at radius 3 is 2.43 bits per heavy atom. The van der Waals surface area contributed by atoms with Gasteiger partial charge in [0.15, 0.2) is 5.78 Å². The van der Waals surface area contributed by atoms with Gasteiger partial charge in [0.1, 0.15) is 5.75 Å². The van der Waals surface area contributed by atoms with Crippen molar-refractivity contribution in [1.29, 1.82) is 0 Å². The summed E-state index contributed by atoms with van der Waals surface area (Å²) in [7, 11) is 1.53. The van der Waals surface area contributed by atoms with Crippen LogP contribution in [0, 0.1) is 0 Å². The van der Waals surface area contributed by atoms with E-state index in [1.807, 2.05) is 0 Å². The van der Waals surface area contributed by atoms with Gasteiger partial charge in [0, 0.05) is 16.7 Å². The standard InChI is InChI=1S/C21H17ClF2N2O4/c1-12(27)16-8-5-14(22)9-17(16)18-10-19(28)26(25-20(18)30-21(23)24)11-13-3-6-15(29-2)7-4-13/h3-10,21H,11H2,1-2H3. The lowest BCUT2D eigenvalue weighted by atomic mass is 9.98. The minimum atomic E-state index is -3.18. The summed E-state index contributed by atoms with van der Waals surface area (Å²) in [6.45, 7) is -1.83. The number of carbonyl (C=O) groups excluding carboxylic acids is 1. The Morgan fingerprint density at radius 2 is 1.83 bits per heavy atom. The van der Waals surface area contributed by atoms with E-state index in [0.717, 1.165) is 10.7 Å². The van der Waals surface area contributed by atoms with E-state index in [9.17, 15) is 18.4 Å². The normalized spacial score (nSPS) is 10.9. The third kappa shape index (κ3) is 4.83. The lowest BCUT2D eigenvalue weighted by Gasteiger charge is -2.15. The molecule has 30 heavy (non-hydrogen) atoms. The van der Waals surface area contributed by atoms with Crippen LogP contribution in [0.3, 0.4) is 0 Å². The van der Waals surface area contributed by atoms with Crippen molar-refractivity contribution in [3.63, 3.8) is 0 Å². The number of rotatable bonds is 7. The molecule has 156 valence electrons. The summed E-state index contributed by atoms with van der Waals surface area (Å²) < 4.78 is 36.7. The van der Waals surface area contributed by atoms with E-state index < -0.39 is 18.1 Å². The molecule has 0 aliphatic carbocycles. The largest absolute Gasteiger partial charge is 0.497 e. The zero-order valence-corrected chi connectivity index (χ0v) is 16.8. The molecule has 0 aliphatic rings. The number of ketones is 1. The number of carbonyl (C=O) groups is 1. The van der Waals surface area contributed by atoms with Crippen LogP contribution in [0.1, 0.15) is 22.8 Å². The van der Waals surface area contributed by atoms with Crippen molar-refractivity contribution >= 4 is 17.4 Å². The van der Waals surface area contributed by atoms with Crippen LogP contribution < -0.4 is 15.0 Å². The van der Waals surface area contributed by atoms with Gasteiger partial charge in [-0.15, -0.1) is 5.10 Å². The molecule has 3 aromatic rings. The summed E-state index contributed by atoms with van der Waals surface area (Å²) in [4.78, 5) is 24.6. The van der Waals surface area contributed by atoms with Crippen LogP contribution in [0.5, 0.6) is 11.6 Å². The molecule has 0 N–H and O–H groups in total. The van der Waals surface area contributed by atoms with Crippen molar-refractivity contribution in [3.05, 3.63) is 75.0 Å². The molecule has 3 rings (SSSR count). The molecule has 0 saturated carbocycles. The van der Waals surface area contributed by atoms with Crippen molar-refractivity contribution in [3.8, 4) is 22.8 Å². The second-order valence-electron chi connectivity index (χ2n) is 6.33. The highest BCUT2D eigenvalue weighted by molar-refractivity contribution is 6.31. The van der Waals surface area contributed by atoms with Gasteiger partial charge in [-0.1, -0.05) is 23.7 Å².